The van der Waals surface area contributed by atoms with E-state index in [1.165, 1.54) is 47.8 Å². The quantitative estimate of drug-likeness (QED) is 0.199. The van der Waals surface area contributed by atoms with Crippen LogP contribution in [0.3, 0.4) is 0 Å². The topological polar surface area (TPSA) is 98.6 Å². The molecule has 1 aliphatic heterocycles. The van der Waals surface area contributed by atoms with Crippen molar-refractivity contribution in [3.63, 3.8) is 0 Å². The molecule has 176 valence electrons. The number of fused-ring (bicyclic) bond motifs is 1. The van der Waals surface area contributed by atoms with Gasteiger partial charge in [-0.15, -0.1) is 0 Å². The van der Waals surface area contributed by atoms with Crippen LogP contribution in [0.2, 0.25) is 0 Å². The fourth-order valence-corrected chi connectivity index (χ4v) is 6.04. The van der Waals surface area contributed by atoms with Gasteiger partial charge in [-0.2, -0.15) is 0 Å². The van der Waals surface area contributed by atoms with E-state index in [1.807, 2.05) is 54.6 Å². The number of aliphatic imine (C=N–C) groups is 1. The summed E-state index contributed by atoms with van der Waals surface area (Å²) in [6.45, 7) is 0. The van der Waals surface area contributed by atoms with Crippen LogP contribution >= 0.6 is 23.5 Å². The number of hydrogen-bond donors (Lipinski definition) is 0. The predicted molar refractivity (Wildman–Crippen MR) is 146 cm³/mol. The number of nitro groups is 2. The fourth-order valence-electron chi connectivity index (χ4n) is 3.78. The van der Waals surface area contributed by atoms with Crippen LogP contribution in [0.1, 0.15) is 16.7 Å². The Labute approximate surface area is 214 Å². The largest absolute Gasteiger partial charge is 0.269 e. The molecular weight excluding hydrogens is 494 g/mol. The van der Waals surface area contributed by atoms with E-state index >= 15 is 0 Å². The number of thioether (sulfide) groups is 2. The molecule has 0 amide bonds. The molecule has 36 heavy (non-hydrogen) atoms. The molecule has 0 aromatic heterocycles. The van der Waals surface area contributed by atoms with Gasteiger partial charge in [0.25, 0.3) is 11.4 Å². The maximum atomic E-state index is 11.2. The van der Waals surface area contributed by atoms with E-state index in [2.05, 4.69) is 0 Å². The molecular formula is C27H17N3O4S2. The zero-order valence-electron chi connectivity index (χ0n) is 18.6. The third-order valence-electron chi connectivity index (χ3n) is 5.46. The Bertz CT molecular complexity index is 1520. The lowest BCUT2D eigenvalue weighted by molar-refractivity contribution is -0.385. The van der Waals surface area contributed by atoms with Gasteiger partial charge >= 0.3 is 0 Å². The molecule has 7 nitrogen and oxygen atoms in total. The average Bonchev–Trinajstić information content (AvgIpc) is 2.90. The van der Waals surface area contributed by atoms with E-state index in [1.54, 1.807) is 24.3 Å². The van der Waals surface area contributed by atoms with Crippen molar-refractivity contribution in [3.05, 3.63) is 140 Å². The molecule has 0 radical (unpaired) electrons. The first-order valence-corrected chi connectivity index (χ1v) is 12.5. The minimum Gasteiger partial charge on any atom is -0.258 e. The minimum absolute atomic E-state index is 0.0313. The van der Waals surface area contributed by atoms with Crippen LogP contribution in [0.15, 0.2) is 113 Å². The number of nitro benzene ring substituents is 2. The van der Waals surface area contributed by atoms with Gasteiger partial charge in [0, 0.05) is 45.2 Å². The zero-order valence-corrected chi connectivity index (χ0v) is 20.2. The van der Waals surface area contributed by atoms with Crippen molar-refractivity contribution >= 4 is 55.4 Å². The minimum atomic E-state index is -0.422. The number of benzene rings is 4. The molecule has 0 N–H and O–H groups in total. The standard InChI is InChI=1S/C27H17N3O4S2/c31-29(32)20-12-10-19(11-13-20)25(18-6-2-1-3-7-18)26-23-8-4-5-9-24(23)28-27(36-26)35-22-16-14-21(15-17-22)30(33)34/h1-17H/b26-25+. The number of para-hydroxylation sites is 1. The lowest BCUT2D eigenvalue weighted by atomic mass is 9.94. The summed E-state index contributed by atoms with van der Waals surface area (Å²) < 4.78 is 0.771. The fraction of sp³-hybridized carbons (Fsp3) is 0. The summed E-state index contributed by atoms with van der Waals surface area (Å²) in [6, 6.07) is 30.7. The summed E-state index contributed by atoms with van der Waals surface area (Å²) in [5.41, 5.74) is 4.62. The second-order valence-corrected chi connectivity index (χ2v) is 10.0. The number of non-ortho nitro benzene ring substituents is 2. The van der Waals surface area contributed by atoms with Gasteiger partial charge in [0.1, 0.15) is 4.38 Å². The summed E-state index contributed by atoms with van der Waals surface area (Å²) >= 11 is 2.95. The number of nitrogens with zero attached hydrogens (tertiary/aromatic N) is 3. The molecule has 0 spiro atoms. The van der Waals surface area contributed by atoms with Crippen LogP contribution in [0, 0.1) is 20.2 Å². The normalized spacial score (nSPS) is 13.9. The Morgan fingerprint density at radius 2 is 1.25 bits per heavy atom. The molecule has 0 bridgehead atoms. The smallest absolute Gasteiger partial charge is 0.258 e. The molecule has 9 heteroatoms. The molecule has 0 saturated carbocycles. The molecule has 1 aliphatic rings. The van der Waals surface area contributed by atoms with Crippen LogP contribution < -0.4 is 0 Å². The van der Waals surface area contributed by atoms with Crippen LogP contribution in [0.5, 0.6) is 0 Å². The summed E-state index contributed by atoms with van der Waals surface area (Å²) in [7, 11) is 0. The van der Waals surface area contributed by atoms with Crippen LogP contribution in [-0.2, 0) is 0 Å². The Kier molecular flexibility index (Phi) is 6.66. The first-order chi connectivity index (χ1) is 17.5. The highest BCUT2D eigenvalue weighted by Crippen LogP contribution is 2.49. The highest BCUT2D eigenvalue weighted by atomic mass is 32.2. The summed E-state index contributed by atoms with van der Waals surface area (Å²) in [6.07, 6.45) is 0. The highest BCUT2D eigenvalue weighted by Gasteiger charge is 2.24. The maximum absolute atomic E-state index is 11.2. The molecule has 4 aromatic rings. The van der Waals surface area contributed by atoms with Gasteiger partial charge in [-0.25, -0.2) is 4.99 Å². The van der Waals surface area contributed by atoms with Gasteiger partial charge < -0.3 is 0 Å². The highest BCUT2D eigenvalue weighted by molar-refractivity contribution is 8.42. The Morgan fingerprint density at radius 1 is 0.694 bits per heavy atom. The number of hydrogen-bond acceptors (Lipinski definition) is 7. The first kappa shape index (κ1) is 23.5. The Balaban J connectivity index is 1.63. The molecule has 1 heterocycles. The third-order valence-corrected chi connectivity index (χ3v) is 7.63. The molecule has 4 aromatic carbocycles. The van der Waals surface area contributed by atoms with E-state index < -0.39 is 9.85 Å². The summed E-state index contributed by atoms with van der Waals surface area (Å²) in [5.74, 6) is 0. The molecule has 0 unspecified atom stereocenters. The van der Waals surface area contributed by atoms with Crippen LogP contribution in [0.4, 0.5) is 17.1 Å². The zero-order chi connectivity index (χ0) is 25.1. The van der Waals surface area contributed by atoms with Gasteiger partial charge in [0.2, 0.25) is 0 Å². The van der Waals surface area contributed by atoms with Crippen molar-refractivity contribution in [2.24, 2.45) is 4.99 Å². The van der Waals surface area contributed by atoms with E-state index in [-0.39, 0.29) is 11.4 Å². The molecule has 0 fully saturated rings. The molecule has 5 rings (SSSR count). The third kappa shape index (κ3) is 4.93. The van der Waals surface area contributed by atoms with Crippen molar-refractivity contribution in [2.45, 2.75) is 4.90 Å². The van der Waals surface area contributed by atoms with Crippen LogP contribution in [-0.4, -0.2) is 14.2 Å². The number of rotatable bonds is 5. The van der Waals surface area contributed by atoms with Crippen molar-refractivity contribution < 1.29 is 9.85 Å². The Morgan fingerprint density at radius 3 is 1.89 bits per heavy atom. The van der Waals surface area contributed by atoms with E-state index in [9.17, 15) is 20.2 Å². The van der Waals surface area contributed by atoms with Gasteiger partial charge in [-0.05, 0) is 41.5 Å². The molecule has 0 aliphatic carbocycles. The van der Waals surface area contributed by atoms with E-state index in [0.717, 1.165) is 42.1 Å². The van der Waals surface area contributed by atoms with Gasteiger partial charge in [-0.3, -0.25) is 20.2 Å². The monoisotopic (exact) mass is 511 g/mol. The Hall–Kier alpha value is -4.21. The predicted octanol–water partition coefficient (Wildman–Crippen LogP) is 7.95. The lowest BCUT2D eigenvalue weighted by Gasteiger charge is -2.22. The van der Waals surface area contributed by atoms with E-state index in [0.29, 0.717) is 0 Å². The second kappa shape index (κ2) is 10.2. The van der Waals surface area contributed by atoms with Crippen molar-refractivity contribution in [3.8, 4) is 0 Å². The SMILES string of the molecule is O=[N+]([O-])c1ccc(SC2=Nc3ccccc3/C(=C(/c3ccccc3)c3ccc([N+](=O)[O-])cc3)S2)cc1. The van der Waals surface area contributed by atoms with Crippen LogP contribution in [0.25, 0.3) is 10.5 Å². The maximum Gasteiger partial charge on any atom is 0.269 e. The second-order valence-electron chi connectivity index (χ2n) is 7.72. The summed E-state index contributed by atoms with van der Waals surface area (Å²) in [5, 5.41) is 22.2. The molecule has 0 saturated heterocycles. The van der Waals surface area contributed by atoms with Gasteiger partial charge in [-0.1, -0.05) is 72.1 Å². The van der Waals surface area contributed by atoms with E-state index in [4.69, 9.17) is 4.99 Å². The lowest BCUT2D eigenvalue weighted by Crippen LogP contribution is -2.00. The van der Waals surface area contributed by atoms with Crippen molar-refractivity contribution in [2.75, 3.05) is 0 Å². The van der Waals surface area contributed by atoms with Gasteiger partial charge in [0.05, 0.1) is 15.5 Å². The average molecular weight is 512 g/mol. The first-order valence-electron chi connectivity index (χ1n) is 10.8. The van der Waals surface area contributed by atoms with Crippen molar-refractivity contribution in [1.82, 2.24) is 0 Å². The molecule has 0 atom stereocenters. The van der Waals surface area contributed by atoms with Gasteiger partial charge in [0.15, 0.2) is 0 Å². The van der Waals surface area contributed by atoms with Crippen molar-refractivity contribution in [1.29, 1.82) is 0 Å². The summed E-state index contributed by atoms with van der Waals surface area (Å²) in [4.78, 5) is 28.1.